The molecule has 4 unspecified atom stereocenters. The van der Waals surface area contributed by atoms with E-state index in [1.54, 1.807) is 0 Å². The molecule has 2 saturated carbocycles. The maximum Gasteiger partial charge on any atom is 0.311 e. The van der Waals surface area contributed by atoms with Crippen molar-refractivity contribution >= 4 is 11.9 Å². The van der Waals surface area contributed by atoms with Crippen molar-refractivity contribution in [1.29, 1.82) is 0 Å². The number of fused-ring (bicyclic) bond motifs is 1. The van der Waals surface area contributed by atoms with Crippen molar-refractivity contribution in [2.45, 2.75) is 59.2 Å². The van der Waals surface area contributed by atoms with Crippen LogP contribution >= 0.6 is 0 Å². The fraction of sp³-hybridized carbons (Fsp3) is 0.778. The number of allylic oxidation sites excluding steroid dienone is 1. The molecule has 1 heterocycles. The van der Waals surface area contributed by atoms with Gasteiger partial charge in [0, 0.05) is 11.8 Å². The third kappa shape index (κ3) is 2.74. The normalized spacial score (nSPS) is 35.4. The summed E-state index contributed by atoms with van der Waals surface area (Å²) >= 11 is 0. The van der Waals surface area contributed by atoms with Crippen LogP contribution in [0.15, 0.2) is 11.8 Å². The van der Waals surface area contributed by atoms with Crippen LogP contribution < -0.4 is 0 Å². The summed E-state index contributed by atoms with van der Waals surface area (Å²) < 4.78 is 17.0. The zero-order valence-electron chi connectivity index (χ0n) is 14.3. The van der Waals surface area contributed by atoms with Gasteiger partial charge >= 0.3 is 11.9 Å². The highest BCUT2D eigenvalue weighted by Crippen LogP contribution is 2.55. The molecule has 0 amide bonds. The second kappa shape index (κ2) is 5.84. The van der Waals surface area contributed by atoms with Crippen LogP contribution in [0.1, 0.15) is 47.0 Å². The zero-order chi connectivity index (χ0) is 16.8. The van der Waals surface area contributed by atoms with Crippen molar-refractivity contribution in [2.24, 2.45) is 23.2 Å². The lowest BCUT2D eigenvalue weighted by Crippen LogP contribution is -2.35. The first kappa shape index (κ1) is 16.3. The van der Waals surface area contributed by atoms with E-state index >= 15 is 0 Å². The molecule has 1 saturated heterocycles. The van der Waals surface area contributed by atoms with E-state index in [2.05, 4.69) is 0 Å². The number of rotatable bonds is 6. The number of carbonyl (C=O) groups is 2. The first-order valence-electron chi connectivity index (χ1n) is 8.57. The summed E-state index contributed by atoms with van der Waals surface area (Å²) in [4.78, 5) is 23.9. The molecule has 2 bridgehead atoms. The largest absolute Gasteiger partial charge is 0.487 e. The number of hydrogen-bond donors (Lipinski definition) is 0. The maximum absolute atomic E-state index is 12.1. The second-order valence-corrected chi connectivity index (χ2v) is 7.55. The van der Waals surface area contributed by atoms with Crippen molar-refractivity contribution in [3.63, 3.8) is 0 Å². The van der Waals surface area contributed by atoms with Crippen LogP contribution in [0, 0.1) is 23.2 Å². The fourth-order valence-corrected chi connectivity index (χ4v) is 3.90. The molecular formula is C18H26O5. The molecule has 0 aromatic heterocycles. The Morgan fingerprint density at radius 3 is 2.78 bits per heavy atom. The van der Waals surface area contributed by atoms with Crippen LogP contribution in [0.4, 0.5) is 0 Å². The summed E-state index contributed by atoms with van der Waals surface area (Å²) in [6.45, 7) is 7.72. The van der Waals surface area contributed by atoms with Crippen LogP contribution in [-0.2, 0) is 23.8 Å². The minimum atomic E-state index is -0.487. The highest BCUT2D eigenvalue weighted by atomic mass is 16.6. The smallest absolute Gasteiger partial charge is 0.311 e. The number of ether oxygens (including phenoxy) is 3. The van der Waals surface area contributed by atoms with Gasteiger partial charge in [-0.15, -0.1) is 0 Å². The van der Waals surface area contributed by atoms with E-state index in [9.17, 15) is 9.59 Å². The Balaban J connectivity index is 1.57. The molecule has 5 nitrogen and oxygen atoms in total. The van der Waals surface area contributed by atoms with Crippen LogP contribution in [-0.4, -0.2) is 30.8 Å². The highest BCUT2D eigenvalue weighted by Gasteiger charge is 2.63. The summed E-state index contributed by atoms with van der Waals surface area (Å²) in [5, 5.41) is 0. The van der Waals surface area contributed by atoms with Crippen LogP contribution in [0.25, 0.3) is 0 Å². The predicted molar refractivity (Wildman–Crippen MR) is 83.2 cm³/mol. The molecule has 0 aromatic carbocycles. The fourth-order valence-electron chi connectivity index (χ4n) is 3.90. The molecule has 2 aliphatic carbocycles. The lowest BCUT2D eigenvalue weighted by molar-refractivity contribution is -0.155. The average Bonchev–Trinajstić information content (AvgIpc) is 3.15. The molecule has 128 valence electrons. The average molecular weight is 322 g/mol. The molecule has 23 heavy (non-hydrogen) atoms. The lowest BCUT2D eigenvalue weighted by atomic mass is 9.88. The van der Waals surface area contributed by atoms with Crippen molar-refractivity contribution in [1.82, 2.24) is 0 Å². The molecule has 3 fully saturated rings. The Morgan fingerprint density at radius 2 is 2.13 bits per heavy atom. The van der Waals surface area contributed by atoms with Gasteiger partial charge in [-0.05, 0) is 46.1 Å². The highest BCUT2D eigenvalue weighted by molar-refractivity contribution is 5.77. The Morgan fingerprint density at radius 1 is 1.39 bits per heavy atom. The van der Waals surface area contributed by atoms with Gasteiger partial charge in [-0.1, -0.05) is 6.92 Å². The van der Waals surface area contributed by atoms with E-state index in [4.69, 9.17) is 14.2 Å². The summed E-state index contributed by atoms with van der Waals surface area (Å²) in [6.07, 6.45) is 4.21. The van der Waals surface area contributed by atoms with Gasteiger partial charge in [0.05, 0.1) is 11.3 Å². The molecular weight excluding hydrogens is 296 g/mol. The molecule has 0 N–H and O–H groups in total. The third-order valence-electron chi connectivity index (χ3n) is 5.81. The predicted octanol–water partition coefficient (Wildman–Crippen LogP) is 2.84. The minimum absolute atomic E-state index is 0.0632. The summed E-state index contributed by atoms with van der Waals surface area (Å²) in [7, 11) is 0. The SMILES string of the molecule is CC=C(COC(=O)C(C)(C)CC)OC1C2OC(=O)C3C[C@@H]1CC32. The first-order valence-corrected chi connectivity index (χ1v) is 8.57. The topological polar surface area (TPSA) is 61.8 Å². The minimum Gasteiger partial charge on any atom is -0.487 e. The number of carbonyl (C=O) groups excluding carboxylic acids is 2. The number of esters is 2. The summed E-state index contributed by atoms with van der Waals surface area (Å²) in [5.41, 5.74) is -0.487. The van der Waals surface area contributed by atoms with E-state index in [1.165, 1.54) is 0 Å². The molecule has 0 radical (unpaired) electrons. The van der Waals surface area contributed by atoms with Gasteiger partial charge in [0.15, 0.2) is 0 Å². The Labute approximate surface area is 137 Å². The maximum atomic E-state index is 12.1. The summed E-state index contributed by atoms with van der Waals surface area (Å²) in [6, 6.07) is 0. The quantitative estimate of drug-likeness (QED) is 0.556. The van der Waals surface area contributed by atoms with Crippen LogP contribution in [0.2, 0.25) is 0 Å². The Bertz CT molecular complexity index is 536. The van der Waals surface area contributed by atoms with E-state index < -0.39 is 5.41 Å². The lowest BCUT2D eigenvalue weighted by Gasteiger charge is -2.28. The van der Waals surface area contributed by atoms with E-state index in [0.29, 0.717) is 17.6 Å². The molecule has 3 aliphatic rings. The number of hydrogen-bond acceptors (Lipinski definition) is 5. The molecule has 1 aliphatic heterocycles. The molecule has 3 rings (SSSR count). The van der Waals surface area contributed by atoms with Gasteiger partial charge in [-0.25, -0.2) is 0 Å². The van der Waals surface area contributed by atoms with Crippen LogP contribution in [0.3, 0.4) is 0 Å². The van der Waals surface area contributed by atoms with Crippen molar-refractivity contribution in [3.8, 4) is 0 Å². The van der Waals surface area contributed by atoms with Crippen LogP contribution in [0.5, 0.6) is 0 Å². The van der Waals surface area contributed by atoms with E-state index in [1.807, 2.05) is 33.8 Å². The molecule has 5 heteroatoms. The van der Waals surface area contributed by atoms with Crippen molar-refractivity contribution in [2.75, 3.05) is 6.61 Å². The first-order chi connectivity index (χ1) is 10.9. The third-order valence-corrected chi connectivity index (χ3v) is 5.81. The van der Waals surface area contributed by atoms with Crippen molar-refractivity contribution in [3.05, 3.63) is 11.8 Å². The van der Waals surface area contributed by atoms with Gasteiger partial charge in [0.2, 0.25) is 0 Å². The van der Waals surface area contributed by atoms with Gasteiger partial charge in [-0.3, -0.25) is 9.59 Å². The van der Waals surface area contributed by atoms with Gasteiger partial charge in [-0.2, -0.15) is 0 Å². The monoisotopic (exact) mass is 322 g/mol. The zero-order valence-corrected chi connectivity index (χ0v) is 14.3. The molecule has 5 atom stereocenters. The molecule has 0 aromatic rings. The second-order valence-electron chi connectivity index (χ2n) is 7.55. The van der Waals surface area contributed by atoms with E-state index in [-0.39, 0.29) is 36.7 Å². The van der Waals surface area contributed by atoms with E-state index in [0.717, 1.165) is 19.3 Å². The van der Waals surface area contributed by atoms with Gasteiger partial charge in [0.25, 0.3) is 0 Å². The molecule has 0 spiro atoms. The standard InChI is InChI=1S/C18H26O5/c1-5-11(9-21-17(20)18(3,4)6-2)22-14-10-7-12-13(8-10)16(19)23-15(12)14/h5,10,12-15H,6-9H2,1-4H3/t10-,12?,13?,14?,15?/m0/s1. The summed E-state index contributed by atoms with van der Waals surface area (Å²) in [5.74, 6) is 1.13. The Hall–Kier alpha value is -1.52. The van der Waals surface area contributed by atoms with Gasteiger partial charge < -0.3 is 14.2 Å². The van der Waals surface area contributed by atoms with Crippen molar-refractivity contribution < 1.29 is 23.8 Å². The Kier molecular flexibility index (Phi) is 4.15. The van der Waals surface area contributed by atoms with Gasteiger partial charge in [0.1, 0.15) is 24.6 Å².